The molecule has 298 valence electrons. The molecule has 4 bridgehead atoms. The molecule has 7 aliphatic carbocycles. The molecule has 0 amide bonds. The molecular weight excluding hydrogens is 823 g/mol. The van der Waals surface area contributed by atoms with E-state index in [2.05, 4.69) is 177 Å². The van der Waals surface area contributed by atoms with Crippen molar-refractivity contribution in [1.29, 1.82) is 0 Å². The van der Waals surface area contributed by atoms with Crippen LogP contribution in [0.3, 0.4) is 0 Å². The SMILES string of the molecule is CC1=CC(C)(C)c2cc3[cH-]c4cc5c(cc4c3cc21)C(C)=CC5(C)C.CC1[C-]=CC(C2(C)C3CC4CC(C3)CC2C4)=C1.[Cl-].[Cl-].[Zr+2]=[C](c1ccccc1)c1ccccc1. The van der Waals surface area contributed by atoms with Crippen molar-refractivity contribution in [3.8, 4) is 0 Å². The Labute approximate surface area is 375 Å². The van der Waals surface area contributed by atoms with Gasteiger partial charge in [0.1, 0.15) is 0 Å². The molecule has 0 spiro atoms. The van der Waals surface area contributed by atoms with E-state index in [0.29, 0.717) is 11.3 Å². The van der Waals surface area contributed by atoms with Crippen molar-refractivity contribution >= 4 is 35.9 Å². The van der Waals surface area contributed by atoms with Crippen LogP contribution in [0.4, 0.5) is 0 Å². The van der Waals surface area contributed by atoms with E-state index in [1.54, 1.807) is 12.0 Å². The summed E-state index contributed by atoms with van der Waals surface area (Å²) in [6, 6.07) is 33.2. The van der Waals surface area contributed by atoms with Crippen LogP contribution in [0, 0.1) is 41.1 Å². The molecule has 5 aromatic carbocycles. The first-order valence-electron chi connectivity index (χ1n) is 21.3. The summed E-state index contributed by atoms with van der Waals surface area (Å²) in [6.45, 7) is 18.6. The molecule has 0 saturated heterocycles. The molecule has 0 nitrogen and oxygen atoms in total. The Kier molecular flexibility index (Phi) is 12.0. The Bertz CT molecular complexity index is 2330. The molecule has 1 atom stereocenters. The number of hydrogen-bond acceptors (Lipinski definition) is 0. The summed E-state index contributed by atoms with van der Waals surface area (Å²) in [5, 5.41) is 5.57. The molecule has 0 heterocycles. The van der Waals surface area contributed by atoms with Gasteiger partial charge in [-0.25, -0.2) is 6.08 Å². The molecule has 5 aromatic rings. The van der Waals surface area contributed by atoms with Crippen LogP contribution in [0.2, 0.25) is 0 Å². The molecule has 3 heteroatoms. The molecule has 0 radical (unpaired) electrons. The van der Waals surface area contributed by atoms with Gasteiger partial charge in [0.25, 0.3) is 0 Å². The average molecular weight is 881 g/mol. The Balaban J connectivity index is 0.000000137. The van der Waals surface area contributed by atoms with E-state index in [0.717, 1.165) is 23.7 Å². The van der Waals surface area contributed by atoms with E-state index in [4.69, 9.17) is 0 Å². The maximum absolute atomic E-state index is 3.49. The minimum atomic E-state index is 0. The zero-order valence-electron chi connectivity index (χ0n) is 35.6. The van der Waals surface area contributed by atoms with Gasteiger partial charge in [-0.2, -0.15) is 11.6 Å². The van der Waals surface area contributed by atoms with Crippen molar-refractivity contribution in [2.75, 3.05) is 0 Å². The van der Waals surface area contributed by atoms with Crippen LogP contribution < -0.4 is 24.8 Å². The van der Waals surface area contributed by atoms with Gasteiger partial charge in [0, 0.05) is 10.8 Å². The topological polar surface area (TPSA) is 0 Å². The number of halogens is 2. The number of rotatable bonds is 3. The second kappa shape index (κ2) is 16.1. The fraction of sp³-hybridized carbons (Fsp3) is 0.382. The van der Waals surface area contributed by atoms with Gasteiger partial charge in [-0.15, -0.1) is 39.7 Å². The van der Waals surface area contributed by atoms with Crippen LogP contribution in [-0.4, -0.2) is 3.21 Å². The predicted octanol–water partition coefficient (Wildman–Crippen LogP) is 8.30. The van der Waals surface area contributed by atoms with Crippen molar-refractivity contribution in [3.05, 3.63) is 160 Å². The molecule has 0 aromatic heterocycles. The summed E-state index contributed by atoms with van der Waals surface area (Å²) in [7, 11) is 0. The van der Waals surface area contributed by atoms with Gasteiger partial charge < -0.3 is 24.8 Å². The molecule has 0 N–H and O–H groups in total. The van der Waals surface area contributed by atoms with Crippen LogP contribution in [0.25, 0.3) is 32.7 Å². The van der Waals surface area contributed by atoms with Gasteiger partial charge in [-0.1, -0.05) is 88.3 Å². The number of allylic oxidation sites excluding steroid dienone is 8. The quantitative estimate of drug-likeness (QED) is 0.160. The molecule has 4 saturated carbocycles. The van der Waals surface area contributed by atoms with Gasteiger partial charge in [0.05, 0.1) is 0 Å². The zero-order valence-corrected chi connectivity index (χ0v) is 39.6. The van der Waals surface area contributed by atoms with E-state index in [1.165, 1.54) is 119 Å². The summed E-state index contributed by atoms with van der Waals surface area (Å²) >= 11 is 1.46. The van der Waals surface area contributed by atoms with Crippen molar-refractivity contribution in [1.82, 2.24) is 0 Å². The first-order valence-corrected chi connectivity index (χ1v) is 22.6. The van der Waals surface area contributed by atoms with E-state index in [9.17, 15) is 0 Å². The number of fused-ring (bicyclic) bond motifs is 5. The van der Waals surface area contributed by atoms with Crippen LogP contribution in [-0.2, 0) is 35.1 Å². The molecule has 0 aliphatic heterocycles. The fourth-order valence-corrected chi connectivity index (χ4v) is 13.0. The summed E-state index contributed by atoms with van der Waals surface area (Å²) < 4.78 is 1.42. The normalized spacial score (nSPS) is 27.2. The Hall–Kier alpha value is -2.96. The second-order valence-electron chi connectivity index (χ2n) is 19.6. The van der Waals surface area contributed by atoms with Crippen molar-refractivity contribution in [2.24, 2.45) is 35.0 Å². The first kappa shape index (κ1) is 43.1. The standard InChI is InChI=1S/C25H25.C17H23.C13H10.2ClH.Zr/c1-14-12-24(3,4)22-8-16-7-17-9-23-19(15(2)13-25(23,5)6)11-21(17)20(16)10-18(14)22;1-11-3-4-14(5-11)17(2)15-7-12-6-13(9-15)10-16(17)8-12;1-3-7-12(8-4-1)11-13-9-5-2-6-10-13;;;/h7-13H,1-6H3;4-5,11-13,15-16H,6-10H2,1-2H3;1-10H;2*1H;/q2*-1;;;;+2/p-2. The molecule has 58 heavy (non-hydrogen) atoms. The first-order chi connectivity index (χ1) is 26.7. The van der Waals surface area contributed by atoms with Crippen LogP contribution in [0.5, 0.6) is 0 Å². The number of hydrogen-bond donors (Lipinski definition) is 0. The third kappa shape index (κ3) is 7.54. The van der Waals surface area contributed by atoms with Crippen LogP contribution >= 0.6 is 0 Å². The van der Waals surface area contributed by atoms with Gasteiger partial charge in [0.2, 0.25) is 0 Å². The van der Waals surface area contributed by atoms with E-state index in [-0.39, 0.29) is 35.6 Å². The van der Waals surface area contributed by atoms with Crippen molar-refractivity contribution < 1.29 is 49.0 Å². The fourth-order valence-electron chi connectivity index (χ4n) is 12.2. The van der Waals surface area contributed by atoms with Crippen LogP contribution in [0.1, 0.15) is 121 Å². The zero-order chi connectivity index (χ0) is 39.1. The Morgan fingerprint density at radius 1 is 0.638 bits per heavy atom. The molecule has 4 fully saturated rings. The average Bonchev–Trinajstić information content (AvgIpc) is 3.90. The molecule has 1 unspecified atom stereocenters. The van der Waals surface area contributed by atoms with Gasteiger partial charge in [-0.05, 0) is 91.9 Å². The van der Waals surface area contributed by atoms with E-state index < -0.39 is 0 Å². The van der Waals surface area contributed by atoms with Gasteiger partial charge >= 0.3 is 99.2 Å². The van der Waals surface area contributed by atoms with Gasteiger partial charge in [-0.3, -0.25) is 6.08 Å². The van der Waals surface area contributed by atoms with E-state index >= 15 is 0 Å². The third-order valence-corrected chi connectivity index (χ3v) is 16.3. The van der Waals surface area contributed by atoms with Crippen molar-refractivity contribution in [3.63, 3.8) is 0 Å². The predicted molar refractivity (Wildman–Crippen MR) is 237 cm³/mol. The summed E-state index contributed by atoms with van der Waals surface area (Å²) in [5.74, 6) is 4.68. The van der Waals surface area contributed by atoms with Crippen LogP contribution in [0.15, 0.2) is 121 Å². The van der Waals surface area contributed by atoms with E-state index in [1.807, 2.05) is 0 Å². The monoisotopic (exact) mass is 878 g/mol. The van der Waals surface area contributed by atoms with Crippen molar-refractivity contribution in [2.45, 2.75) is 98.3 Å². The third-order valence-electron chi connectivity index (χ3n) is 14.9. The summed E-state index contributed by atoms with van der Waals surface area (Å²) in [6.07, 6.45) is 20.7. The minimum absolute atomic E-state index is 0. The molecule has 7 aliphatic rings. The number of benzene rings is 4. The summed E-state index contributed by atoms with van der Waals surface area (Å²) in [5.41, 5.74) is 13.7. The molecular formula is C55H58Cl2Zr-2. The second-order valence-corrected chi connectivity index (χ2v) is 20.9. The summed E-state index contributed by atoms with van der Waals surface area (Å²) in [4.78, 5) is 0. The maximum atomic E-state index is 3.49. The Morgan fingerprint density at radius 2 is 1.07 bits per heavy atom. The Morgan fingerprint density at radius 3 is 1.47 bits per heavy atom. The van der Waals surface area contributed by atoms with Gasteiger partial charge in [0.15, 0.2) is 0 Å². The molecule has 12 rings (SSSR count).